The van der Waals surface area contributed by atoms with E-state index in [-0.39, 0.29) is 10.4 Å². The van der Waals surface area contributed by atoms with Crippen molar-refractivity contribution in [3.63, 3.8) is 0 Å². The minimum atomic E-state index is -0.468. The van der Waals surface area contributed by atoms with Gasteiger partial charge in [-0.25, -0.2) is 4.39 Å². The zero-order valence-corrected chi connectivity index (χ0v) is 13.7. The molecule has 0 aliphatic heterocycles. The van der Waals surface area contributed by atoms with Gasteiger partial charge >= 0.3 is 0 Å². The third kappa shape index (κ3) is 5.67. The van der Waals surface area contributed by atoms with Gasteiger partial charge in [-0.05, 0) is 53.2 Å². The number of rotatable bonds is 7. The monoisotopic (exact) mass is 351 g/mol. The third-order valence-electron chi connectivity index (χ3n) is 3.03. The third-order valence-corrected chi connectivity index (χ3v) is 3.94. The average Bonchev–Trinajstić information content (AvgIpc) is 2.35. The predicted molar refractivity (Wildman–Crippen MR) is 81.3 cm³/mol. The molecule has 1 rings (SSSR count). The van der Waals surface area contributed by atoms with Crippen LogP contribution in [0.4, 0.5) is 4.39 Å². The summed E-state index contributed by atoms with van der Waals surface area (Å²) in [4.78, 5) is 0. The Morgan fingerprint density at radius 1 is 1.37 bits per heavy atom. The van der Waals surface area contributed by atoms with E-state index in [0.717, 1.165) is 19.3 Å². The van der Waals surface area contributed by atoms with E-state index in [0.29, 0.717) is 23.4 Å². The van der Waals surface area contributed by atoms with Crippen LogP contribution in [0.15, 0.2) is 16.6 Å². The van der Waals surface area contributed by atoms with Gasteiger partial charge in [-0.15, -0.1) is 0 Å². The summed E-state index contributed by atoms with van der Waals surface area (Å²) in [6.45, 7) is 5.54. The van der Waals surface area contributed by atoms with Crippen LogP contribution in [0, 0.1) is 11.2 Å². The molecule has 5 heteroatoms. The molecule has 0 spiro atoms. The van der Waals surface area contributed by atoms with Crippen LogP contribution < -0.4 is 10.5 Å². The van der Waals surface area contributed by atoms with Crippen molar-refractivity contribution in [2.24, 2.45) is 11.1 Å². The largest absolute Gasteiger partial charge is 0.492 e. The fourth-order valence-corrected chi connectivity index (χ4v) is 2.36. The van der Waals surface area contributed by atoms with Gasteiger partial charge in [0.05, 0.1) is 16.1 Å². The van der Waals surface area contributed by atoms with E-state index in [4.69, 9.17) is 22.1 Å². The van der Waals surface area contributed by atoms with Gasteiger partial charge < -0.3 is 10.5 Å². The molecule has 0 unspecified atom stereocenters. The van der Waals surface area contributed by atoms with Crippen molar-refractivity contribution in [1.82, 2.24) is 0 Å². The summed E-state index contributed by atoms with van der Waals surface area (Å²) in [5.74, 6) is 0.0177. The molecule has 0 saturated carbocycles. The lowest BCUT2D eigenvalue weighted by Gasteiger charge is -2.21. The van der Waals surface area contributed by atoms with Crippen molar-refractivity contribution in [3.05, 3.63) is 27.4 Å². The van der Waals surface area contributed by atoms with Crippen LogP contribution in [-0.2, 0) is 0 Å². The lowest BCUT2D eigenvalue weighted by Crippen LogP contribution is -2.23. The summed E-state index contributed by atoms with van der Waals surface area (Å²) in [5.41, 5.74) is 5.84. The van der Waals surface area contributed by atoms with Gasteiger partial charge in [-0.3, -0.25) is 0 Å². The number of benzene rings is 1. The van der Waals surface area contributed by atoms with Gasteiger partial charge in [0.2, 0.25) is 0 Å². The number of hydrogen-bond donors (Lipinski definition) is 1. The van der Waals surface area contributed by atoms with Gasteiger partial charge in [0, 0.05) is 6.07 Å². The van der Waals surface area contributed by atoms with Gasteiger partial charge in [-0.2, -0.15) is 0 Å². The smallest absolute Gasteiger partial charge is 0.145 e. The van der Waals surface area contributed by atoms with Crippen LogP contribution in [0.25, 0.3) is 0 Å². The van der Waals surface area contributed by atoms with Crippen molar-refractivity contribution in [2.75, 3.05) is 13.2 Å². The minimum absolute atomic E-state index is 0.0870. The summed E-state index contributed by atoms with van der Waals surface area (Å²) in [5, 5.41) is 0.0870. The second kappa shape index (κ2) is 7.46. The fourth-order valence-electron chi connectivity index (χ4n) is 1.60. The molecule has 2 nitrogen and oxygen atoms in total. The molecule has 0 aliphatic rings. The first-order chi connectivity index (χ1) is 8.85. The quantitative estimate of drug-likeness (QED) is 0.566. The Morgan fingerprint density at radius 3 is 2.68 bits per heavy atom. The van der Waals surface area contributed by atoms with Crippen molar-refractivity contribution in [1.29, 1.82) is 0 Å². The number of unbranched alkanes of at least 4 members (excludes halogenated alkanes) is 1. The number of halogens is 3. The van der Waals surface area contributed by atoms with Crippen LogP contribution in [0.5, 0.6) is 5.75 Å². The highest BCUT2D eigenvalue weighted by atomic mass is 79.9. The second-order valence-corrected chi connectivity index (χ2v) is 6.63. The Balaban J connectivity index is 2.36. The molecule has 1 aromatic carbocycles. The molecular formula is C14H20BrClFNO. The standard InChI is InChI=1S/C14H20BrClFNO/c1-14(2,9-18)5-3-4-6-19-13-8-12(17)11(16)7-10(13)15/h7-8H,3-6,9,18H2,1-2H3. The van der Waals surface area contributed by atoms with Gasteiger partial charge in [0.1, 0.15) is 11.6 Å². The van der Waals surface area contributed by atoms with Gasteiger partial charge in [0.15, 0.2) is 0 Å². The molecule has 0 aliphatic carbocycles. The van der Waals surface area contributed by atoms with E-state index in [9.17, 15) is 4.39 Å². The van der Waals surface area contributed by atoms with E-state index < -0.39 is 5.82 Å². The predicted octanol–water partition coefficient (Wildman–Crippen LogP) is 4.78. The average molecular weight is 353 g/mol. The molecule has 0 amide bonds. The fraction of sp³-hybridized carbons (Fsp3) is 0.571. The Bertz CT molecular complexity index is 426. The summed E-state index contributed by atoms with van der Waals surface area (Å²) < 4.78 is 19.5. The van der Waals surface area contributed by atoms with Gasteiger partial charge in [-0.1, -0.05) is 25.4 Å². The van der Waals surface area contributed by atoms with Crippen molar-refractivity contribution in [2.45, 2.75) is 33.1 Å². The maximum absolute atomic E-state index is 13.3. The summed E-state index contributed by atoms with van der Waals surface area (Å²) in [7, 11) is 0. The highest BCUT2D eigenvalue weighted by Gasteiger charge is 2.14. The van der Waals surface area contributed by atoms with Crippen LogP contribution >= 0.6 is 27.5 Å². The molecule has 0 fully saturated rings. The summed E-state index contributed by atoms with van der Waals surface area (Å²) in [6, 6.07) is 2.81. The molecule has 0 atom stereocenters. The summed E-state index contributed by atoms with van der Waals surface area (Å²) in [6.07, 6.45) is 3.01. The van der Waals surface area contributed by atoms with E-state index in [1.807, 2.05) is 0 Å². The highest BCUT2D eigenvalue weighted by molar-refractivity contribution is 9.10. The Labute approximate surface area is 127 Å². The molecule has 0 bridgehead atoms. The summed E-state index contributed by atoms with van der Waals surface area (Å²) >= 11 is 8.96. The maximum Gasteiger partial charge on any atom is 0.145 e. The Kier molecular flexibility index (Phi) is 6.57. The van der Waals surface area contributed by atoms with Crippen LogP contribution in [-0.4, -0.2) is 13.2 Å². The van der Waals surface area contributed by atoms with Crippen molar-refractivity contribution < 1.29 is 9.13 Å². The Morgan fingerprint density at radius 2 is 2.05 bits per heavy atom. The van der Waals surface area contributed by atoms with Crippen LogP contribution in [0.2, 0.25) is 5.02 Å². The molecule has 19 heavy (non-hydrogen) atoms. The van der Waals surface area contributed by atoms with Crippen molar-refractivity contribution in [3.8, 4) is 5.75 Å². The van der Waals surface area contributed by atoms with Crippen molar-refractivity contribution >= 4 is 27.5 Å². The first-order valence-corrected chi connectivity index (χ1v) is 7.50. The Hall–Kier alpha value is -0.320. The number of hydrogen-bond acceptors (Lipinski definition) is 2. The van der Waals surface area contributed by atoms with Crippen LogP contribution in [0.1, 0.15) is 33.1 Å². The molecule has 0 aromatic heterocycles. The topological polar surface area (TPSA) is 35.2 Å². The first kappa shape index (κ1) is 16.7. The van der Waals surface area contributed by atoms with E-state index >= 15 is 0 Å². The number of nitrogens with two attached hydrogens (primary N) is 1. The number of ether oxygens (including phenoxy) is 1. The molecule has 108 valence electrons. The van der Waals surface area contributed by atoms with Crippen LogP contribution in [0.3, 0.4) is 0 Å². The zero-order chi connectivity index (χ0) is 14.5. The molecule has 0 heterocycles. The molecule has 2 N–H and O–H groups in total. The normalized spacial score (nSPS) is 11.7. The maximum atomic E-state index is 13.3. The lowest BCUT2D eigenvalue weighted by molar-refractivity contribution is 0.277. The minimum Gasteiger partial charge on any atom is -0.492 e. The SMILES string of the molecule is CC(C)(CN)CCCCOc1cc(F)c(Cl)cc1Br. The lowest BCUT2D eigenvalue weighted by atomic mass is 9.87. The van der Waals surface area contributed by atoms with E-state index in [2.05, 4.69) is 29.8 Å². The van der Waals surface area contributed by atoms with Gasteiger partial charge in [0.25, 0.3) is 0 Å². The highest BCUT2D eigenvalue weighted by Crippen LogP contribution is 2.30. The zero-order valence-electron chi connectivity index (χ0n) is 11.3. The van der Waals surface area contributed by atoms with E-state index in [1.165, 1.54) is 12.1 Å². The van der Waals surface area contributed by atoms with E-state index in [1.54, 1.807) is 0 Å². The first-order valence-electron chi connectivity index (χ1n) is 6.33. The molecule has 0 saturated heterocycles. The molecule has 1 aromatic rings. The molecular weight excluding hydrogens is 333 g/mol. The second-order valence-electron chi connectivity index (χ2n) is 5.37. The molecule has 0 radical (unpaired) electrons.